The SMILES string of the molecule is O=C(Nc1nc(CO)cc(=O)[nH]1)OCC1c2ccccc2-c2ccccc21. The quantitative estimate of drug-likeness (QED) is 0.661. The van der Waals surface area contributed by atoms with Crippen molar-refractivity contribution in [1.29, 1.82) is 0 Å². The lowest BCUT2D eigenvalue weighted by molar-refractivity contribution is 0.158. The fourth-order valence-corrected chi connectivity index (χ4v) is 3.38. The Morgan fingerprint density at radius 2 is 1.74 bits per heavy atom. The van der Waals surface area contributed by atoms with Crippen LogP contribution in [0.4, 0.5) is 10.7 Å². The van der Waals surface area contributed by atoms with Crippen LogP contribution in [0.5, 0.6) is 0 Å². The highest BCUT2D eigenvalue weighted by atomic mass is 16.5. The van der Waals surface area contributed by atoms with E-state index in [4.69, 9.17) is 9.84 Å². The first-order valence-electron chi connectivity index (χ1n) is 8.49. The molecule has 3 aromatic rings. The third-order valence-electron chi connectivity index (χ3n) is 4.52. The summed E-state index contributed by atoms with van der Waals surface area (Å²) in [5.74, 6) is -0.122. The van der Waals surface area contributed by atoms with Crippen molar-refractivity contribution in [3.63, 3.8) is 0 Å². The number of aliphatic hydroxyl groups is 1. The van der Waals surface area contributed by atoms with Crippen molar-refractivity contribution < 1.29 is 14.6 Å². The van der Waals surface area contributed by atoms with Crippen molar-refractivity contribution in [1.82, 2.24) is 9.97 Å². The van der Waals surface area contributed by atoms with Gasteiger partial charge in [0, 0.05) is 12.0 Å². The van der Waals surface area contributed by atoms with E-state index < -0.39 is 18.3 Å². The van der Waals surface area contributed by atoms with Crippen LogP contribution in [0, 0.1) is 0 Å². The Kier molecular flexibility index (Phi) is 4.43. The van der Waals surface area contributed by atoms with Crippen molar-refractivity contribution in [2.24, 2.45) is 0 Å². The van der Waals surface area contributed by atoms with E-state index in [1.807, 2.05) is 36.4 Å². The first-order chi connectivity index (χ1) is 13.2. The van der Waals surface area contributed by atoms with Crippen molar-refractivity contribution in [2.75, 3.05) is 11.9 Å². The highest BCUT2D eigenvalue weighted by Gasteiger charge is 2.29. The van der Waals surface area contributed by atoms with Gasteiger partial charge in [-0.2, -0.15) is 0 Å². The molecule has 1 heterocycles. The molecule has 0 spiro atoms. The lowest BCUT2D eigenvalue weighted by Gasteiger charge is -2.14. The summed E-state index contributed by atoms with van der Waals surface area (Å²) in [6, 6.07) is 17.2. The van der Waals surface area contributed by atoms with E-state index in [1.165, 1.54) is 0 Å². The molecule has 0 aliphatic heterocycles. The number of nitrogens with zero attached hydrogens (tertiary/aromatic N) is 1. The summed E-state index contributed by atoms with van der Waals surface area (Å²) >= 11 is 0. The molecule has 0 radical (unpaired) electrons. The lowest BCUT2D eigenvalue weighted by atomic mass is 9.98. The Hall–Kier alpha value is -3.45. The van der Waals surface area contributed by atoms with Gasteiger partial charge < -0.3 is 9.84 Å². The lowest BCUT2D eigenvalue weighted by Crippen LogP contribution is -2.21. The molecule has 1 aliphatic carbocycles. The average molecular weight is 363 g/mol. The van der Waals surface area contributed by atoms with Crippen LogP contribution in [-0.4, -0.2) is 27.8 Å². The Balaban J connectivity index is 1.50. The van der Waals surface area contributed by atoms with Gasteiger partial charge >= 0.3 is 6.09 Å². The number of fused-ring (bicyclic) bond motifs is 3. The zero-order valence-corrected chi connectivity index (χ0v) is 14.3. The molecule has 136 valence electrons. The number of amides is 1. The molecule has 27 heavy (non-hydrogen) atoms. The minimum absolute atomic E-state index is 0.0565. The van der Waals surface area contributed by atoms with Gasteiger partial charge in [0.15, 0.2) is 0 Å². The summed E-state index contributed by atoms with van der Waals surface area (Å²) in [6.07, 6.45) is -0.727. The van der Waals surface area contributed by atoms with Gasteiger partial charge in [0.1, 0.15) is 6.61 Å². The third-order valence-corrected chi connectivity index (χ3v) is 4.52. The molecule has 0 unspecified atom stereocenters. The molecule has 3 N–H and O–H groups in total. The molecule has 0 atom stereocenters. The molecule has 2 aromatic carbocycles. The Morgan fingerprint density at radius 3 is 2.37 bits per heavy atom. The standard InChI is InChI=1S/C20H17N3O4/c24-10-12-9-18(25)22-19(21-12)23-20(26)27-11-17-15-7-3-1-5-13(15)14-6-2-4-8-16(14)17/h1-9,17,24H,10-11H2,(H2,21,22,23,25,26). The van der Waals surface area contributed by atoms with E-state index in [9.17, 15) is 9.59 Å². The molecule has 0 saturated carbocycles. The molecule has 0 fully saturated rings. The first-order valence-corrected chi connectivity index (χ1v) is 8.49. The largest absolute Gasteiger partial charge is 0.448 e. The van der Waals surface area contributed by atoms with Gasteiger partial charge in [0.25, 0.3) is 5.56 Å². The van der Waals surface area contributed by atoms with Gasteiger partial charge in [-0.05, 0) is 22.3 Å². The van der Waals surface area contributed by atoms with Crippen LogP contribution in [0.25, 0.3) is 11.1 Å². The summed E-state index contributed by atoms with van der Waals surface area (Å²) in [4.78, 5) is 29.9. The van der Waals surface area contributed by atoms with Crippen LogP contribution in [0.15, 0.2) is 59.4 Å². The van der Waals surface area contributed by atoms with Gasteiger partial charge in [-0.25, -0.2) is 9.78 Å². The number of H-pyrrole nitrogens is 1. The fourth-order valence-electron chi connectivity index (χ4n) is 3.38. The van der Waals surface area contributed by atoms with E-state index in [-0.39, 0.29) is 24.2 Å². The maximum atomic E-state index is 12.1. The summed E-state index contributed by atoms with van der Waals surface area (Å²) in [5.41, 5.74) is 4.20. The number of anilines is 1. The molecule has 1 aromatic heterocycles. The maximum absolute atomic E-state index is 12.1. The molecule has 7 heteroatoms. The molecule has 0 saturated heterocycles. The van der Waals surface area contributed by atoms with Gasteiger partial charge in [-0.15, -0.1) is 0 Å². The molecular weight excluding hydrogens is 346 g/mol. The number of carbonyl (C=O) groups is 1. The minimum Gasteiger partial charge on any atom is -0.448 e. The number of hydrogen-bond acceptors (Lipinski definition) is 5. The van der Waals surface area contributed by atoms with Crippen LogP contribution >= 0.6 is 0 Å². The number of carbonyl (C=O) groups excluding carboxylic acids is 1. The van der Waals surface area contributed by atoms with E-state index in [2.05, 4.69) is 27.4 Å². The first kappa shape index (κ1) is 17.0. The van der Waals surface area contributed by atoms with Crippen LogP contribution in [-0.2, 0) is 11.3 Å². The molecular formula is C20H17N3O4. The predicted molar refractivity (Wildman–Crippen MR) is 99.5 cm³/mol. The molecule has 7 nitrogen and oxygen atoms in total. The summed E-state index contributed by atoms with van der Waals surface area (Å²) in [7, 11) is 0. The van der Waals surface area contributed by atoms with Crippen LogP contribution in [0.1, 0.15) is 22.7 Å². The zero-order chi connectivity index (χ0) is 18.8. The van der Waals surface area contributed by atoms with E-state index in [1.54, 1.807) is 0 Å². The van der Waals surface area contributed by atoms with Crippen molar-refractivity contribution in [2.45, 2.75) is 12.5 Å². The van der Waals surface area contributed by atoms with Gasteiger partial charge in [0.2, 0.25) is 5.95 Å². The zero-order valence-electron chi connectivity index (χ0n) is 14.3. The number of benzene rings is 2. The summed E-state index contributed by atoms with van der Waals surface area (Å²) in [5, 5.41) is 11.5. The smallest absolute Gasteiger partial charge is 0.414 e. The van der Waals surface area contributed by atoms with E-state index >= 15 is 0 Å². The number of nitrogens with one attached hydrogen (secondary N) is 2. The number of aromatic nitrogens is 2. The number of aliphatic hydroxyl groups excluding tert-OH is 1. The highest BCUT2D eigenvalue weighted by Crippen LogP contribution is 2.44. The molecule has 0 bridgehead atoms. The predicted octanol–water partition coefficient (Wildman–Crippen LogP) is 2.62. The summed E-state index contributed by atoms with van der Waals surface area (Å²) in [6.45, 7) is -0.243. The average Bonchev–Trinajstić information content (AvgIpc) is 3.00. The number of rotatable bonds is 4. The second-order valence-electron chi connectivity index (χ2n) is 6.19. The Labute approximate surface area is 154 Å². The second-order valence-corrected chi connectivity index (χ2v) is 6.19. The van der Waals surface area contributed by atoms with Gasteiger partial charge in [0.05, 0.1) is 12.3 Å². The van der Waals surface area contributed by atoms with Crippen LogP contribution in [0.3, 0.4) is 0 Å². The second kappa shape index (κ2) is 7.05. The van der Waals surface area contributed by atoms with Gasteiger partial charge in [-0.1, -0.05) is 48.5 Å². The highest BCUT2D eigenvalue weighted by molar-refractivity contribution is 5.83. The van der Waals surface area contributed by atoms with Crippen LogP contribution in [0.2, 0.25) is 0 Å². The van der Waals surface area contributed by atoms with Crippen molar-refractivity contribution in [3.8, 4) is 11.1 Å². The van der Waals surface area contributed by atoms with Crippen LogP contribution < -0.4 is 10.9 Å². The molecule has 4 rings (SSSR count). The van der Waals surface area contributed by atoms with E-state index in [0.717, 1.165) is 28.3 Å². The normalized spacial score (nSPS) is 12.3. The molecule has 1 aliphatic rings. The van der Waals surface area contributed by atoms with E-state index in [0.29, 0.717) is 0 Å². The Morgan fingerprint density at radius 1 is 1.11 bits per heavy atom. The number of aromatic amines is 1. The minimum atomic E-state index is -0.727. The maximum Gasteiger partial charge on any atom is 0.414 e. The number of hydrogen-bond donors (Lipinski definition) is 3. The fraction of sp³-hybridized carbons (Fsp3) is 0.150. The van der Waals surface area contributed by atoms with Crippen molar-refractivity contribution in [3.05, 3.63) is 81.8 Å². The topological polar surface area (TPSA) is 104 Å². The number of ether oxygens (including phenoxy) is 1. The third kappa shape index (κ3) is 3.32. The summed E-state index contributed by atoms with van der Waals surface area (Å²) < 4.78 is 5.38. The van der Waals surface area contributed by atoms with Gasteiger partial charge in [-0.3, -0.25) is 15.1 Å². The monoisotopic (exact) mass is 363 g/mol. The molecule has 1 amide bonds. The van der Waals surface area contributed by atoms with Crippen molar-refractivity contribution >= 4 is 12.0 Å². The Bertz CT molecular complexity index is 1020.